The van der Waals surface area contributed by atoms with Crippen molar-refractivity contribution in [2.45, 2.75) is 4.90 Å². The van der Waals surface area contributed by atoms with Gasteiger partial charge >= 0.3 is 0 Å². The maximum absolute atomic E-state index is 12.3. The lowest BCUT2D eigenvalue weighted by Crippen LogP contribution is -2.30. The highest BCUT2D eigenvalue weighted by Crippen LogP contribution is 2.34. The standard InChI is InChI=1S/C16H10Cl2N2O4S3/c17-13-8-12(14(18)26-13)27(23,24)20-15(21)9-3-1-4-10(7-9)19-16(22)11-5-2-6-25-11/h1-8H,(H,19,22)(H,20,21). The summed E-state index contributed by atoms with van der Waals surface area (Å²) in [5.41, 5.74) is 0.412. The highest BCUT2D eigenvalue weighted by atomic mass is 35.5. The molecule has 2 aromatic heterocycles. The molecule has 11 heteroatoms. The van der Waals surface area contributed by atoms with Crippen LogP contribution < -0.4 is 10.0 Å². The van der Waals surface area contributed by atoms with Gasteiger partial charge in [0.2, 0.25) is 0 Å². The van der Waals surface area contributed by atoms with Crippen molar-refractivity contribution in [3.63, 3.8) is 0 Å². The van der Waals surface area contributed by atoms with E-state index in [-0.39, 0.29) is 25.0 Å². The molecular weight excluding hydrogens is 451 g/mol. The lowest BCUT2D eigenvalue weighted by Gasteiger charge is -2.08. The van der Waals surface area contributed by atoms with E-state index in [9.17, 15) is 18.0 Å². The summed E-state index contributed by atoms with van der Waals surface area (Å²) in [5.74, 6) is -1.18. The van der Waals surface area contributed by atoms with E-state index < -0.39 is 15.9 Å². The highest BCUT2D eigenvalue weighted by molar-refractivity contribution is 7.90. The van der Waals surface area contributed by atoms with Crippen LogP contribution in [0.2, 0.25) is 8.67 Å². The summed E-state index contributed by atoms with van der Waals surface area (Å²) in [7, 11) is -4.18. The zero-order valence-electron chi connectivity index (χ0n) is 13.2. The van der Waals surface area contributed by atoms with Crippen LogP contribution in [-0.2, 0) is 10.0 Å². The van der Waals surface area contributed by atoms with Gasteiger partial charge in [-0.05, 0) is 35.7 Å². The molecule has 2 N–H and O–H groups in total. The number of amides is 2. The van der Waals surface area contributed by atoms with Gasteiger partial charge in [0.1, 0.15) is 9.23 Å². The SMILES string of the molecule is O=C(NS(=O)(=O)c1cc(Cl)sc1Cl)c1cccc(NC(=O)c2cccs2)c1. The fraction of sp³-hybridized carbons (Fsp3) is 0. The Morgan fingerprint density at radius 2 is 1.78 bits per heavy atom. The Bertz CT molecular complexity index is 1110. The van der Waals surface area contributed by atoms with Crippen molar-refractivity contribution >= 4 is 73.4 Å². The van der Waals surface area contributed by atoms with Gasteiger partial charge in [-0.15, -0.1) is 22.7 Å². The summed E-state index contributed by atoms with van der Waals surface area (Å²) in [4.78, 5) is 24.7. The second kappa shape index (κ2) is 7.99. The number of halogens is 2. The third-order valence-corrected chi connectivity index (χ3v) is 7.22. The largest absolute Gasteiger partial charge is 0.321 e. The first-order valence-electron chi connectivity index (χ1n) is 7.23. The van der Waals surface area contributed by atoms with Crippen LogP contribution in [0.3, 0.4) is 0 Å². The highest BCUT2D eigenvalue weighted by Gasteiger charge is 2.24. The van der Waals surface area contributed by atoms with Crippen molar-refractivity contribution in [1.82, 2.24) is 4.72 Å². The maximum atomic E-state index is 12.3. The van der Waals surface area contributed by atoms with Crippen LogP contribution in [0.1, 0.15) is 20.0 Å². The molecule has 0 radical (unpaired) electrons. The number of thiophene rings is 2. The van der Waals surface area contributed by atoms with Gasteiger partial charge in [0, 0.05) is 11.3 Å². The molecule has 3 rings (SSSR count). The zero-order chi connectivity index (χ0) is 19.6. The molecule has 0 saturated heterocycles. The molecular formula is C16H10Cl2N2O4S3. The molecule has 0 aliphatic carbocycles. The molecule has 0 bridgehead atoms. The molecule has 0 aliphatic rings. The minimum atomic E-state index is -4.18. The van der Waals surface area contributed by atoms with Crippen molar-refractivity contribution in [3.05, 3.63) is 67.0 Å². The van der Waals surface area contributed by atoms with E-state index in [2.05, 4.69) is 5.32 Å². The van der Waals surface area contributed by atoms with Crippen molar-refractivity contribution in [2.75, 3.05) is 5.32 Å². The smallest absolute Gasteiger partial charge is 0.266 e. The zero-order valence-corrected chi connectivity index (χ0v) is 17.2. The molecule has 0 saturated carbocycles. The Kier molecular flexibility index (Phi) is 5.87. The third kappa shape index (κ3) is 4.69. The van der Waals surface area contributed by atoms with Crippen molar-refractivity contribution < 1.29 is 18.0 Å². The summed E-state index contributed by atoms with van der Waals surface area (Å²) in [6, 6.07) is 10.5. The van der Waals surface area contributed by atoms with Crippen molar-refractivity contribution in [3.8, 4) is 0 Å². The minimum absolute atomic E-state index is 0.0442. The van der Waals surface area contributed by atoms with Crippen LogP contribution in [0.5, 0.6) is 0 Å². The van der Waals surface area contributed by atoms with E-state index in [1.165, 1.54) is 35.6 Å². The van der Waals surface area contributed by atoms with Gasteiger partial charge in [0.15, 0.2) is 0 Å². The number of carbonyl (C=O) groups is 2. The van der Waals surface area contributed by atoms with Gasteiger partial charge in [-0.2, -0.15) is 0 Å². The average molecular weight is 461 g/mol. The second-order valence-corrected chi connectivity index (χ2v) is 10.0. The van der Waals surface area contributed by atoms with E-state index in [0.29, 0.717) is 10.6 Å². The van der Waals surface area contributed by atoms with Gasteiger partial charge in [-0.3, -0.25) is 9.59 Å². The fourth-order valence-corrected chi connectivity index (χ4v) is 5.83. The molecule has 27 heavy (non-hydrogen) atoms. The van der Waals surface area contributed by atoms with E-state index in [1.807, 2.05) is 4.72 Å². The molecule has 0 unspecified atom stereocenters. The van der Waals surface area contributed by atoms with Crippen LogP contribution in [0.15, 0.2) is 52.7 Å². The van der Waals surface area contributed by atoms with Gasteiger partial charge in [-0.1, -0.05) is 35.3 Å². The van der Waals surface area contributed by atoms with Crippen LogP contribution >= 0.6 is 45.9 Å². The lowest BCUT2D eigenvalue weighted by molar-refractivity contribution is 0.0979. The molecule has 0 atom stereocenters. The molecule has 0 aliphatic heterocycles. The third-order valence-electron chi connectivity index (χ3n) is 3.27. The van der Waals surface area contributed by atoms with Gasteiger partial charge in [-0.25, -0.2) is 13.1 Å². The topological polar surface area (TPSA) is 92.3 Å². The summed E-state index contributed by atoms with van der Waals surface area (Å²) in [6.45, 7) is 0. The van der Waals surface area contributed by atoms with Crippen molar-refractivity contribution in [1.29, 1.82) is 0 Å². The minimum Gasteiger partial charge on any atom is -0.321 e. The summed E-state index contributed by atoms with van der Waals surface area (Å²) in [6.07, 6.45) is 0. The number of hydrogen-bond acceptors (Lipinski definition) is 6. The Morgan fingerprint density at radius 3 is 2.41 bits per heavy atom. The van der Waals surface area contributed by atoms with Gasteiger partial charge < -0.3 is 5.32 Å². The van der Waals surface area contributed by atoms with E-state index >= 15 is 0 Å². The number of sulfonamides is 1. The van der Waals surface area contributed by atoms with E-state index in [0.717, 1.165) is 11.3 Å². The van der Waals surface area contributed by atoms with E-state index in [1.54, 1.807) is 23.6 Å². The summed E-state index contributed by atoms with van der Waals surface area (Å²) < 4.78 is 26.7. The van der Waals surface area contributed by atoms with E-state index in [4.69, 9.17) is 23.2 Å². The molecule has 2 amide bonds. The molecule has 2 heterocycles. The Morgan fingerprint density at radius 1 is 1.00 bits per heavy atom. The van der Waals surface area contributed by atoms with Gasteiger partial charge in [0.05, 0.1) is 9.21 Å². The predicted molar refractivity (Wildman–Crippen MR) is 108 cm³/mol. The predicted octanol–water partition coefficient (Wildman–Crippen LogP) is 4.49. The van der Waals surface area contributed by atoms with Crippen LogP contribution in [0, 0.1) is 0 Å². The summed E-state index contributed by atoms with van der Waals surface area (Å²) in [5, 5.41) is 4.42. The van der Waals surface area contributed by atoms with Gasteiger partial charge in [0.25, 0.3) is 21.8 Å². The van der Waals surface area contributed by atoms with Crippen molar-refractivity contribution in [2.24, 2.45) is 0 Å². The number of hydrogen-bond donors (Lipinski definition) is 2. The summed E-state index contributed by atoms with van der Waals surface area (Å²) >= 11 is 13.8. The van der Waals surface area contributed by atoms with Crippen LogP contribution in [0.4, 0.5) is 5.69 Å². The monoisotopic (exact) mass is 460 g/mol. The fourth-order valence-electron chi connectivity index (χ4n) is 2.08. The van der Waals surface area contributed by atoms with Crippen LogP contribution in [-0.4, -0.2) is 20.2 Å². The first-order valence-corrected chi connectivity index (χ1v) is 11.2. The van der Waals surface area contributed by atoms with Crippen LogP contribution in [0.25, 0.3) is 0 Å². The molecule has 3 aromatic rings. The normalized spacial score (nSPS) is 11.2. The maximum Gasteiger partial charge on any atom is 0.266 e. The first-order chi connectivity index (χ1) is 12.8. The second-order valence-electron chi connectivity index (χ2n) is 5.14. The number of rotatable bonds is 5. The Hall–Kier alpha value is -1.91. The molecule has 0 spiro atoms. The number of anilines is 1. The number of carbonyl (C=O) groups excluding carboxylic acids is 2. The average Bonchev–Trinajstić information content (AvgIpc) is 3.24. The number of nitrogens with one attached hydrogen (secondary N) is 2. The first kappa shape index (κ1) is 19.8. The molecule has 1 aromatic carbocycles. The molecule has 6 nitrogen and oxygen atoms in total. The lowest BCUT2D eigenvalue weighted by atomic mass is 10.2. The Balaban J connectivity index is 1.77. The number of benzene rings is 1. The Labute approximate surface area is 172 Å². The molecule has 140 valence electrons. The quantitative estimate of drug-likeness (QED) is 0.586. The molecule has 0 fully saturated rings.